The summed E-state index contributed by atoms with van der Waals surface area (Å²) in [4.78, 5) is 16.5. The van der Waals surface area contributed by atoms with Gasteiger partial charge >= 0.3 is 0 Å². The van der Waals surface area contributed by atoms with Gasteiger partial charge < -0.3 is 20.1 Å². The third-order valence-corrected chi connectivity index (χ3v) is 9.81. The minimum absolute atomic E-state index is 0.0265. The lowest BCUT2D eigenvalue weighted by Gasteiger charge is -2.32. The predicted molar refractivity (Wildman–Crippen MR) is 170 cm³/mol. The van der Waals surface area contributed by atoms with Crippen molar-refractivity contribution in [2.24, 2.45) is 0 Å². The molecule has 0 saturated carbocycles. The number of ether oxygens (including phenoxy) is 2. The van der Waals surface area contributed by atoms with Crippen LogP contribution < -0.4 is 20.1 Å². The minimum Gasteiger partial charge on any atom is -0.497 e. The van der Waals surface area contributed by atoms with Crippen LogP contribution in [0.2, 0.25) is 0 Å². The number of benzene rings is 3. The van der Waals surface area contributed by atoms with Gasteiger partial charge in [0, 0.05) is 35.8 Å². The number of fused-ring (bicyclic) bond motifs is 1. The summed E-state index contributed by atoms with van der Waals surface area (Å²) in [6.45, 7) is 4.87. The van der Waals surface area contributed by atoms with E-state index in [0.29, 0.717) is 0 Å². The van der Waals surface area contributed by atoms with Crippen molar-refractivity contribution in [3.8, 4) is 22.6 Å². The molecule has 0 aliphatic carbocycles. The molecule has 6 rings (SSSR count). The van der Waals surface area contributed by atoms with Crippen molar-refractivity contribution < 1.29 is 14.3 Å². The van der Waals surface area contributed by atoms with Crippen LogP contribution in [0.1, 0.15) is 40.9 Å². The number of hydrogen-bond donors (Lipinski definition) is 2. The summed E-state index contributed by atoms with van der Waals surface area (Å²) in [5.41, 5.74) is 3.52. The molecule has 41 heavy (non-hydrogen) atoms. The van der Waals surface area contributed by atoms with E-state index in [-0.39, 0.29) is 18.1 Å². The number of likely N-dealkylation sites (tertiary alicyclic amines) is 1. The second-order valence-corrected chi connectivity index (χ2v) is 12.9. The fourth-order valence-corrected chi connectivity index (χ4v) is 7.29. The first kappa shape index (κ1) is 28.2. The van der Waals surface area contributed by atoms with E-state index >= 15 is 0 Å². The molecule has 2 aliphatic rings. The SMILES string of the molecule is COc1ccc(-c2cccc3sc(C(=O)NC4CCN(Cc5ccc(OC6CCNCC6)c(Br)c5)CC4)cc23)cc1. The van der Waals surface area contributed by atoms with Gasteiger partial charge in [0.1, 0.15) is 17.6 Å². The number of nitrogens with zero attached hydrogens (tertiary/aromatic N) is 1. The largest absolute Gasteiger partial charge is 0.497 e. The Bertz CT molecular complexity index is 1490. The third-order valence-electron chi connectivity index (χ3n) is 8.09. The normalized spacial score (nSPS) is 17.0. The fraction of sp³-hybridized carbons (Fsp3) is 0.364. The Morgan fingerprint density at radius 1 is 1.02 bits per heavy atom. The highest BCUT2D eigenvalue weighted by molar-refractivity contribution is 9.10. The molecule has 0 spiro atoms. The highest BCUT2D eigenvalue weighted by atomic mass is 79.9. The van der Waals surface area contributed by atoms with Crippen LogP contribution in [-0.2, 0) is 6.54 Å². The molecule has 8 heteroatoms. The maximum absolute atomic E-state index is 13.2. The van der Waals surface area contributed by atoms with E-state index in [4.69, 9.17) is 9.47 Å². The molecule has 1 amide bonds. The summed E-state index contributed by atoms with van der Waals surface area (Å²) in [5.74, 6) is 1.79. The summed E-state index contributed by atoms with van der Waals surface area (Å²) >= 11 is 5.28. The van der Waals surface area contributed by atoms with Crippen LogP contribution in [0, 0.1) is 0 Å². The summed E-state index contributed by atoms with van der Waals surface area (Å²) < 4.78 is 13.7. The highest BCUT2D eigenvalue weighted by Crippen LogP contribution is 2.35. The molecule has 2 fully saturated rings. The maximum Gasteiger partial charge on any atom is 0.261 e. The monoisotopic (exact) mass is 633 g/mol. The molecule has 6 nitrogen and oxygen atoms in total. The zero-order valence-electron chi connectivity index (χ0n) is 23.3. The number of amides is 1. The third kappa shape index (κ3) is 6.78. The molecule has 0 atom stereocenters. The first-order chi connectivity index (χ1) is 20.1. The number of halogens is 1. The number of carbonyl (C=O) groups is 1. The molecule has 4 aromatic rings. The Morgan fingerprint density at radius 3 is 2.54 bits per heavy atom. The molecule has 2 aliphatic heterocycles. The van der Waals surface area contributed by atoms with Gasteiger partial charge in [0.2, 0.25) is 0 Å². The van der Waals surface area contributed by atoms with E-state index in [9.17, 15) is 4.79 Å². The van der Waals surface area contributed by atoms with Gasteiger partial charge in [-0.2, -0.15) is 0 Å². The van der Waals surface area contributed by atoms with Gasteiger partial charge in [0.25, 0.3) is 5.91 Å². The standard InChI is InChI=1S/C33H36BrN3O3S/c1-39-25-8-6-23(7-9-25)27-3-2-4-31-28(27)20-32(41-31)33(38)36-24-13-17-37(18-14-24)21-22-5-10-30(29(34)19-22)40-26-11-15-35-16-12-26/h2-10,19-20,24,26,35H,11-18,21H2,1H3,(H,36,38). The Kier molecular flexibility index (Phi) is 8.91. The molecule has 0 unspecified atom stereocenters. The van der Waals surface area contributed by atoms with Crippen LogP contribution in [0.25, 0.3) is 21.2 Å². The van der Waals surface area contributed by atoms with Crippen LogP contribution in [0.5, 0.6) is 11.5 Å². The van der Waals surface area contributed by atoms with Crippen LogP contribution in [0.3, 0.4) is 0 Å². The lowest BCUT2D eigenvalue weighted by atomic mass is 10.0. The van der Waals surface area contributed by atoms with E-state index in [2.05, 4.69) is 80.0 Å². The molecule has 0 bridgehead atoms. The molecular formula is C33H36BrN3O3S. The number of carbonyl (C=O) groups excluding carboxylic acids is 1. The molecule has 3 aromatic carbocycles. The van der Waals surface area contributed by atoms with E-state index < -0.39 is 0 Å². The van der Waals surface area contributed by atoms with Gasteiger partial charge in [0.05, 0.1) is 16.5 Å². The lowest BCUT2D eigenvalue weighted by Crippen LogP contribution is -2.44. The number of hydrogen-bond acceptors (Lipinski definition) is 6. The Labute approximate surface area is 254 Å². The topological polar surface area (TPSA) is 62.8 Å². The van der Waals surface area contributed by atoms with Crippen LogP contribution in [0.4, 0.5) is 0 Å². The van der Waals surface area contributed by atoms with Crippen molar-refractivity contribution in [1.82, 2.24) is 15.5 Å². The Hall–Kier alpha value is -2.91. The molecule has 0 radical (unpaired) electrons. The van der Waals surface area contributed by atoms with Gasteiger partial charge in [-0.1, -0.05) is 30.3 Å². The van der Waals surface area contributed by atoms with Gasteiger partial charge in [-0.3, -0.25) is 9.69 Å². The maximum atomic E-state index is 13.2. The van der Waals surface area contributed by atoms with Crippen molar-refractivity contribution in [1.29, 1.82) is 0 Å². The summed E-state index contributed by atoms with van der Waals surface area (Å²) in [7, 11) is 1.67. The molecule has 2 N–H and O–H groups in total. The zero-order chi connectivity index (χ0) is 28.2. The molecular weight excluding hydrogens is 598 g/mol. The van der Waals surface area contributed by atoms with Gasteiger partial charge in [-0.25, -0.2) is 0 Å². The number of methoxy groups -OCH3 is 1. The van der Waals surface area contributed by atoms with Crippen molar-refractivity contribution >= 4 is 43.3 Å². The zero-order valence-corrected chi connectivity index (χ0v) is 25.7. The van der Waals surface area contributed by atoms with Crippen molar-refractivity contribution in [2.75, 3.05) is 33.3 Å². The average Bonchev–Trinajstić information content (AvgIpc) is 3.45. The quantitative estimate of drug-likeness (QED) is 0.222. The van der Waals surface area contributed by atoms with Crippen molar-refractivity contribution in [3.63, 3.8) is 0 Å². The second-order valence-electron chi connectivity index (χ2n) is 10.9. The predicted octanol–water partition coefficient (Wildman–Crippen LogP) is 6.86. The van der Waals surface area contributed by atoms with Gasteiger partial charge in [-0.15, -0.1) is 11.3 Å². The Balaban J connectivity index is 1.03. The Morgan fingerprint density at radius 2 is 1.80 bits per heavy atom. The summed E-state index contributed by atoms with van der Waals surface area (Å²) in [6, 6.07) is 23.0. The smallest absolute Gasteiger partial charge is 0.261 e. The van der Waals surface area contributed by atoms with Crippen molar-refractivity contribution in [2.45, 2.75) is 44.4 Å². The van der Waals surface area contributed by atoms with Crippen LogP contribution in [-0.4, -0.2) is 56.2 Å². The fourth-order valence-electron chi connectivity index (χ4n) is 5.78. The van der Waals surface area contributed by atoms with Crippen LogP contribution >= 0.6 is 27.3 Å². The number of thiophene rings is 1. The molecule has 3 heterocycles. The summed E-state index contributed by atoms with van der Waals surface area (Å²) in [5, 5.41) is 7.81. The van der Waals surface area contributed by atoms with Gasteiger partial charge in [0.15, 0.2) is 0 Å². The first-order valence-electron chi connectivity index (χ1n) is 14.4. The van der Waals surface area contributed by atoms with Crippen molar-refractivity contribution in [3.05, 3.63) is 81.6 Å². The second kappa shape index (κ2) is 12.9. The van der Waals surface area contributed by atoms with Crippen LogP contribution in [0.15, 0.2) is 71.2 Å². The number of nitrogens with one attached hydrogen (secondary N) is 2. The number of piperidine rings is 2. The lowest BCUT2D eigenvalue weighted by molar-refractivity contribution is 0.0913. The molecule has 214 valence electrons. The first-order valence-corrected chi connectivity index (χ1v) is 16.0. The molecule has 1 aromatic heterocycles. The minimum atomic E-state index is 0.0265. The number of rotatable bonds is 8. The van der Waals surface area contributed by atoms with E-state index in [0.717, 1.165) is 100 Å². The average molecular weight is 635 g/mol. The summed E-state index contributed by atoms with van der Waals surface area (Å²) in [6.07, 6.45) is 4.29. The van der Waals surface area contributed by atoms with E-state index in [1.165, 1.54) is 5.56 Å². The van der Waals surface area contributed by atoms with E-state index in [1.807, 2.05) is 18.2 Å². The molecule has 2 saturated heterocycles. The van der Waals surface area contributed by atoms with E-state index in [1.54, 1.807) is 18.4 Å². The highest BCUT2D eigenvalue weighted by Gasteiger charge is 2.23. The van der Waals surface area contributed by atoms with Gasteiger partial charge in [-0.05, 0) is 108 Å².